The van der Waals surface area contributed by atoms with Gasteiger partial charge in [-0.15, -0.1) is 0 Å². The number of alkyl halides is 3. The van der Waals surface area contributed by atoms with Gasteiger partial charge in [0, 0.05) is 28.4 Å². The highest BCUT2D eigenvalue weighted by molar-refractivity contribution is 5.70. The number of halogens is 4. The maximum Gasteiger partial charge on any atom is 0.417 e. The first-order chi connectivity index (χ1) is 16.3. The molecule has 0 radical (unpaired) electrons. The zero-order valence-electron chi connectivity index (χ0n) is 19.5. The number of carbonyl (C=O) groups is 1. The minimum Gasteiger partial charge on any atom is -0.386 e. The fourth-order valence-electron chi connectivity index (χ4n) is 3.54. The summed E-state index contributed by atoms with van der Waals surface area (Å²) in [6.45, 7) is 6.31. The maximum absolute atomic E-state index is 13.0. The van der Waals surface area contributed by atoms with E-state index in [4.69, 9.17) is 4.74 Å². The predicted octanol–water partition coefficient (Wildman–Crippen LogP) is 5.68. The van der Waals surface area contributed by atoms with Crippen molar-refractivity contribution in [1.82, 2.24) is 4.98 Å². The van der Waals surface area contributed by atoms with Gasteiger partial charge in [-0.1, -0.05) is 31.2 Å². The van der Waals surface area contributed by atoms with Crippen LogP contribution in [0.3, 0.4) is 0 Å². The van der Waals surface area contributed by atoms with Gasteiger partial charge in [-0.3, -0.25) is 9.78 Å². The van der Waals surface area contributed by atoms with Crippen LogP contribution < -0.4 is 5.32 Å². The highest BCUT2D eigenvalue weighted by Gasteiger charge is 2.36. The Kier molecular flexibility index (Phi) is 7.62. The van der Waals surface area contributed by atoms with Gasteiger partial charge < -0.3 is 15.2 Å². The summed E-state index contributed by atoms with van der Waals surface area (Å²) >= 11 is 0. The second-order valence-corrected chi connectivity index (χ2v) is 9.08. The van der Waals surface area contributed by atoms with Crippen LogP contribution in [0.15, 0.2) is 60.8 Å². The van der Waals surface area contributed by atoms with Gasteiger partial charge >= 0.3 is 6.18 Å². The average Bonchev–Trinajstić information content (AvgIpc) is 2.78. The van der Waals surface area contributed by atoms with Crippen LogP contribution in [0, 0.1) is 5.82 Å². The number of ether oxygens (including phenoxy) is 1. The second kappa shape index (κ2) is 10.1. The van der Waals surface area contributed by atoms with E-state index >= 15 is 0 Å². The van der Waals surface area contributed by atoms with Gasteiger partial charge in [0.1, 0.15) is 5.82 Å². The zero-order chi connectivity index (χ0) is 25.9. The molecule has 3 aromatic rings. The molecule has 0 atom stereocenters. The minimum atomic E-state index is -4.51. The summed E-state index contributed by atoms with van der Waals surface area (Å²) < 4.78 is 56.4. The number of aliphatic hydroxyl groups is 1. The molecular weight excluding hydrogens is 464 g/mol. The molecule has 1 fully saturated rings. The lowest BCUT2D eigenvalue weighted by Gasteiger charge is -2.38. The Morgan fingerprint density at radius 2 is 1.66 bits per heavy atom. The molecule has 0 aliphatic carbocycles. The summed E-state index contributed by atoms with van der Waals surface area (Å²) in [6, 6.07) is 14.0. The third-order valence-corrected chi connectivity index (χ3v) is 5.64. The highest BCUT2D eigenvalue weighted by atomic mass is 19.4. The van der Waals surface area contributed by atoms with Gasteiger partial charge in [0.05, 0.1) is 30.1 Å². The standard InChI is InChI=1S/C19H20F3NO2.C7H6FNO/c1-17(2,24)15-8-14(19(20,21)22)9-23-16(15)12-4-6-13(7-5-12)18(3)10-25-11-18;8-6-1-3-7(4-2-6)9-5-10/h4-9,24H,10-11H2,1-3H3;1-5H,(H,9,10). The quantitative estimate of drug-likeness (QED) is 0.357. The SMILES string of the molecule is CC(C)(O)c1cc(C(F)(F)F)cnc1-c1ccc(C2(C)COC2)cc1.O=CNc1ccc(F)cc1. The molecule has 0 bridgehead atoms. The largest absolute Gasteiger partial charge is 0.417 e. The van der Waals surface area contributed by atoms with Crippen LogP contribution >= 0.6 is 0 Å². The topological polar surface area (TPSA) is 71.5 Å². The van der Waals surface area contributed by atoms with E-state index in [-0.39, 0.29) is 16.8 Å². The first-order valence-electron chi connectivity index (χ1n) is 10.8. The van der Waals surface area contributed by atoms with Crippen molar-refractivity contribution in [2.45, 2.75) is 38.0 Å². The van der Waals surface area contributed by atoms with E-state index in [9.17, 15) is 27.5 Å². The molecule has 35 heavy (non-hydrogen) atoms. The summed E-state index contributed by atoms with van der Waals surface area (Å²) in [6.07, 6.45) is -3.15. The molecule has 1 aromatic heterocycles. The van der Waals surface area contributed by atoms with E-state index in [0.717, 1.165) is 17.8 Å². The number of rotatable bonds is 5. The molecule has 0 spiro atoms. The number of hydrogen-bond donors (Lipinski definition) is 2. The number of pyridine rings is 1. The zero-order valence-corrected chi connectivity index (χ0v) is 19.5. The smallest absolute Gasteiger partial charge is 0.386 e. The van der Waals surface area contributed by atoms with Crippen molar-refractivity contribution < 1.29 is 32.2 Å². The molecule has 1 aliphatic heterocycles. The molecule has 1 saturated heterocycles. The summed E-state index contributed by atoms with van der Waals surface area (Å²) in [7, 11) is 0. The van der Waals surface area contributed by atoms with E-state index in [1.807, 2.05) is 24.3 Å². The van der Waals surface area contributed by atoms with Crippen molar-refractivity contribution in [3.63, 3.8) is 0 Å². The summed E-state index contributed by atoms with van der Waals surface area (Å²) in [5.74, 6) is -0.309. The maximum atomic E-state index is 13.0. The Bertz CT molecular complexity index is 1150. The fourth-order valence-corrected chi connectivity index (χ4v) is 3.54. The second-order valence-electron chi connectivity index (χ2n) is 9.08. The molecule has 1 amide bonds. The van der Waals surface area contributed by atoms with Crippen molar-refractivity contribution in [1.29, 1.82) is 0 Å². The molecular formula is C26H26F4N2O3. The lowest BCUT2D eigenvalue weighted by molar-refractivity contribution is -0.138. The van der Waals surface area contributed by atoms with Crippen LogP contribution in [0.5, 0.6) is 0 Å². The molecule has 0 saturated carbocycles. The molecule has 2 aromatic carbocycles. The van der Waals surface area contributed by atoms with Crippen molar-refractivity contribution in [3.05, 3.63) is 83.3 Å². The van der Waals surface area contributed by atoms with E-state index in [1.54, 1.807) is 0 Å². The molecule has 0 unspecified atom stereocenters. The summed E-state index contributed by atoms with van der Waals surface area (Å²) in [5, 5.41) is 12.7. The number of nitrogens with zero attached hydrogens (tertiary/aromatic N) is 1. The molecule has 2 N–H and O–H groups in total. The number of nitrogens with one attached hydrogen (secondary N) is 1. The molecule has 186 valence electrons. The molecule has 2 heterocycles. The monoisotopic (exact) mass is 490 g/mol. The van der Waals surface area contributed by atoms with Gasteiger partial charge in [-0.25, -0.2) is 4.39 Å². The van der Waals surface area contributed by atoms with Gasteiger partial charge in [0.2, 0.25) is 6.41 Å². The van der Waals surface area contributed by atoms with Gasteiger partial charge in [-0.2, -0.15) is 13.2 Å². The van der Waals surface area contributed by atoms with E-state index in [0.29, 0.717) is 36.6 Å². The number of anilines is 1. The number of carbonyl (C=O) groups excluding carboxylic acids is 1. The van der Waals surface area contributed by atoms with Crippen LogP contribution in [-0.2, 0) is 26.7 Å². The van der Waals surface area contributed by atoms with Crippen LogP contribution in [0.1, 0.15) is 37.5 Å². The molecule has 5 nitrogen and oxygen atoms in total. The van der Waals surface area contributed by atoms with Crippen LogP contribution in [0.2, 0.25) is 0 Å². The number of benzene rings is 2. The van der Waals surface area contributed by atoms with Crippen molar-refractivity contribution in [2.24, 2.45) is 0 Å². The van der Waals surface area contributed by atoms with Gasteiger partial charge in [0.15, 0.2) is 0 Å². The highest BCUT2D eigenvalue weighted by Crippen LogP contribution is 2.37. The lowest BCUT2D eigenvalue weighted by Crippen LogP contribution is -2.43. The average molecular weight is 490 g/mol. The Balaban J connectivity index is 0.000000287. The van der Waals surface area contributed by atoms with E-state index in [1.165, 1.54) is 38.1 Å². The minimum absolute atomic E-state index is 0.0226. The Morgan fingerprint density at radius 3 is 2.11 bits per heavy atom. The molecule has 4 rings (SSSR count). The van der Waals surface area contributed by atoms with Gasteiger partial charge in [0.25, 0.3) is 0 Å². The van der Waals surface area contributed by atoms with Crippen molar-refractivity contribution in [2.75, 3.05) is 18.5 Å². The lowest BCUT2D eigenvalue weighted by atomic mass is 9.80. The van der Waals surface area contributed by atoms with Crippen LogP contribution in [-0.4, -0.2) is 29.7 Å². The Labute approximate surface area is 200 Å². The third-order valence-electron chi connectivity index (χ3n) is 5.64. The summed E-state index contributed by atoms with van der Waals surface area (Å²) in [4.78, 5) is 13.9. The Morgan fingerprint density at radius 1 is 1.06 bits per heavy atom. The Hall–Kier alpha value is -3.30. The third kappa shape index (κ3) is 6.43. The molecule has 1 aliphatic rings. The molecule has 9 heteroatoms. The normalized spacial score (nSPS) is 14.9. The van der Waals surface area contributed by atoms with E-state index in [2.05, 4.69) is 17.2 Å². The van der Waals surface area contributed by atoms with Gasteiger partial charge in [-0.05, 0) is 49.7 Å². The predicted molar refractivity (Wildman–Crippen MR) is 124 cm³/mol. The van der Waals surface area contributed by atoms with Crippen LogP contribution in [0.25, 0.3) is 11.3 Å². The number of amides is 1. The number of hydrogen-bond acceptors (Lipinski definition) is 4. The first-order valence-corrected chi connectivity index (χ1v) is 10.8. The summed E-state index contributed by atoms with van der Waals surface area (Å²) in [5.41, 5.74) is 0.523. The van der Waals surface area contributed by atoms with Crippen molar-refractivity contribution in [3.8, 4) is 11.3 Å². The first kappa shape index (κ1) is 26.3. The fraction of sp³-hybridized carbons (Fsp3) is 0.308. The van der Waals surface area contributed by atoms with Crippen LogP contribution in [0.4, 0.5) is 23.2 Å². The van der Waals surface area contributed by atoms with E-state index < -0.39 is 17.3 Å². The van der Waals surface area contributed by atoms with Crippen molar-refractivity contribution >= 4 is 12.1 Å². The number of aromatic nitrogens is 1.